The molecule has 0 saturated heterocycles. The number of aliphatic hydroxyl groups is 1. The number of rotatable bonds is 3. The Morgan fingerprint density at radius 2 is 2.17 bits per heavy atom. The third-order valence-electron chi connectivity index (χ3n) is 1.43. The summed E-state index contributed by atoms with van der Waals surface area (Å²) in [5, 5.41) is 12.4. The molecule has 0 radical (unpaired) electrons. The van der Waals surface area contributed by atoms with Crippen LogP contribution in [-0.4, -0.2) is 27.3 Å². The van der Waals surface area contributed by atoms with Crippen molar-refractivity contribution in [2.75, 3.05) is 6.26 Å². The van der Waals surface area contributed by atoms with Crippen molar-refractivity contribution >= 4 is 28.3 Å². The lowest BCUT2D eigenvalue weighted by Gasteiger charge is -2.28. The first kappa shape index (κ1) is 12.2. The van der Waals surface area contributed by atoms with Crippen LogP contribution in [0.4, 0.5) is 0 Å². The number of hydrogen-bond acceptors (Lipinski definition) is 3. The molecule has 0 aromatic rings. The lowest BCUT2D eigenvalue weighted by Crippen LogP contribution is -2.43. The van der Waals surface area contributed by atoms with Crippen molar-refractivity contribution in [2.24, 2.45) is 0 Å². The van der Waals surface area contributed by atoms with Gasteiger partial charge < -0.3 is 10.4 Å². The molecule has 12 heavy (non-hydrogen) atoms. The summed E-state index contributed by atoms with van der Waals surface area (Å²) in [4.78, 5) is 0. The van der Waals surface area contributed by atoms with E-state index in [1.54, 1.807) is 6.92 Å². The van der Waals surface area contributed by atoms with Crippen molar-refractivity contribution in [1.29, 1.82) is 0 Å². The summed E-state index contributed by atoms with van der Waals surface area (Å²) >= 11 is 6.54. The number of thiocarbonyl (C=S) groups is 1. The monoisotopic (exact) mass is 207 g/mol. The van der Waals surface area contributed by atoms with Gasteiger partial charge in [-0.15, -0.1) is 11.8 Å². The first-order valence-electron chi connectivity index (χ1n) is 3.91. The summed E-state index contributed by atoms with van der Waals surface area (Å²) in [5.74, 6) is 0. The second-order valence-corrected chi connectivity index (χ2v) is 5.04. The van der Waals surface area contributed by atoms with Gasteiger partial charge in [-0.05, 0) is 33.4 Å². The van der Waals surface area contributed by atoms with Crippen LogP contribution in [0.15, 0.2) is 0 Å². The molecule has 0 aliphatic rings. The molecule has 0 aromatic heterocycles. The maximum atomic E-state index is 9.18. The second-order valence-electron chi connectivity index (χ2n) is 3.55. The highest BCUT2D eigenvalue weighted by Crippen LogP contribution is 2.13. The molecule has 0 aliphatic carbocycles. The number of aliphatic hydroxyl groups excluding tert-OH is 1. The lowest BCUT2D eigenvalue weighted by molar-refractivity contribution is 0.153. The van der Waals surface area contributed by atoms with Crippen molar-refractivity contribution in [3.8, 4) is 0 Å². The molecule has 0 fully saturated rings. The Morgan fingerprint density at radius 3 is 2.50 bits per heavy atom. The maximum absolute atomic E-state index is 9.18. The van der Waals surface area contributed by atoms with Gasteiger partial charge in [-0.3, -0.25) is 0 Å². The number of hydrogen-bond donors (Lipinski definition) is 2. The molecule has 2 N–H and O–H groups in total. The Balaban J connectivity index is 3.94. The van der Waals surface area contributed by atoms with E-state index in [9.17, 15) is 5.11 Å². The summed E-state index contributed by atoms with van der Waals surface area (Å²) in [7, 11) is 0. The molecule has 0 bridgehead atoms. The van der Waals surface area contributed by atoms with Crippen LogP contribution >= 0.6 is 24.0 Å². The van der Waals surface area contributed by atoms with Gasteiger partial charge in [-0.25, -0.2) is 0 Å². The zero-order chi connectivity index (χ0) is 9.78. The summed E-state index contributed by atoms with van der Waals surface area (Å²) in [5.41, 5.74) is -0.117. The molecule has 0 rings (SSSR count). The minimum atomic E-state index is -0.294. The van der Waals surface area contributed by atoms with Crippen molar-refractivity contribution in [2.45, 2.75) is 38.8 Å². The highest BCUT2D eigenvalue weighted by molar-refractivity contribution is 8.22. The number of thioether (sulfide) groups is 1. The van der Waals surface area contributed by atoms with E-state index in [2.05, 4.69) is 5.32 Å². The van der Waals surface area contributed by atoms with Gasteiger partial charge in [0, 0.05) is 5.54 Å². The van der Waals surface area contributed by atoms with E-state index in [4.69, 9.17) is 12.2 Å². The lowest BCUT2D eigenvalue weighted by atomic mass is 9.98. The van der Waals surface area contributed by atoms with Crippen LogP contribution < -0.4 is 5.32 Å². The third kappa shape index (κ3) is 5.80. The SMILES string of the molecule is CSC(=S)NC(C)(C)CC(C)O. The van der Waals surface area contributed by atoms with E-state index in [0.29, 0.717) is 6.42 Å². The van der Waals surface area contributed by atoms with Gasteiger partial charge in [0.2, 0.25) is 0 Å². The molecule has 1 unspecified atom stereocenters. The van der Waals surface area contributed by atoms with Crippen LogP contribution in [-0.2, 0) is 0 Å². The van der Waals surface area contributed by atoms with Crippen LogP contribution in [0.2, 0.25) is 0 Å². The molecule has 0 aliphatic heterocycles. The summed E-state index contributed by atoms with van der Waals surface area (Å²) in [6.07, 6.45) is 2.35. The molecule has 0 aromatic carbocycles. The molecule has 2 nitrogen and oxygen atoms in total. The van der Waals surface area contributed by atoms with E-state index in [1.807, 2.05) is 20.1 Å². The summed E-state index contributed by atoms with van der Waals surface area (Å²) < 4.78 is 0.778. The van der Waals surface area contributed by atoms with Gasteiger partial charge in [0.15, 0.2) is 0 Å². The standard InChI is InChI=1S/C8H17NOS2/c1-6(10)5-8(2,3)9-7(11)12-4/h6,10H,5H2,1-4H3,(H,9,11). The molecule has 0 spiro atoms. The Hall–Kier alpha value is 0.200. The average molecular weight is 207 g/mol. The van der Waals surface area contributed by atoms with Crippen molar-refractivity contribution in [3.63, 3.8) is 0 Å². The first-order valence-corrected chi connectivity index (χ1v) is 5.55. The molecular weight excluding hydrogens is 190 g/mol. The van der Waals surface area contributed by atoms with E-state index < -0.39 is 0 Å². The molecular formula is C8H17NOS2. The van der Waals surface area contributed by atoms with Crippen molar-refractivity contribution < 1.29 is 5.11 Å². The van der Waals surface area contributed by atoms with Crippen LogP contribution in [0.5, 0.6) is 0 Å². The minimum Gasteiger partial charge on any atom is -0.393 e. The second kappa shape index (κ2) is 5.04. The van der Waals surface area contributed by atoms with Gasteiger partial charge in [-0.1, -0.05) is 12.2 Å². The molecule has 4 heteroatoms. The van der Waals surface area contributed by atoms with E-state index >= 15 is 0 Å². The van der Waals surface area contributed by atoms with Crippen LogP contribution in [0.25, 0.3) is 0 Å². The third-order valence-corrected chi connectivity index (χ3v) is 2.51. The molecule has 0 heterocycles. The molecule has 0 saturated carbocycles. The minimum absolute atomic E-state index is 0.117. The molecule has 1 atom stereocenters. The fraction of sp³-hybridized carbons (Fsp3) is 0.875. The zero-order valence-corrected chi connectivity index (χ0v) is 9.68. The fourth-order valence-electron chi connectivity index (χ4n) is 1.12. The first-order chi connectivity index (χ1) is 5.37. The van der Waals surface area contributed by atoms with Gasteiger partial charge in [0.05, 0.1) is 6.10 Å². The van der Waals surface area contributed by atoms with Crippen LogP contribution in [0.1, 0.15) is 27.2 Å². The van der Waals surface area contributed by atoms with Gasteiger partial charge in [0.25, 0.3) is 0 Å². The summed E-state index contributed by atoms with van der Waals surface area (Å²) in [6.45, 7) is 5.84. The highest BCUT2D eigenvalue weighted by Gasteiger charge is 2.20. The normalized spacial score (nSPS) is 14.1. The average Bonchev–Trinajstić information content (AvgIpc) is 1.83. The highest BCUT2D eigenvalue weighted by atomic mass is 32.2. The van der Waals surface area contributed by atoms with Crippen LogP contribution in [0, 0.1) is 0 Å². The topological polar surface area (TPSA) is 32.3 Å². The Labute approximate surface area is 84.1 Å². The Morgan fingerprint density at radius 1 is 1.67 bits per heavy atom. The van der Waals surface area contributed by atoms with E-state index in [0.717, 1.165) is 4.32 Å². The van der Waals surface area contributed by atoms with E-state index in [-0.39, 0.29) is 11.6 Å². The van der Waals surface area contributed by atoms with Gasteiger partial charge in [-0.2, -0.15) is 0 Å². The zero-order valence-electron chi connectivity index (χ0n) is 8.05. The molecule has 0 amide bonds. The smallest absolute Gasteiger partial charge is 0.133 e. The van der Waals surface area contributed by atoms with E-state index in [1.165, 1.54) is 11.8 Å². The largest absolute Gasteiger partial charge is 0.393 e. The van der Waals surface area contributed by atoms with Crippen LogP contribution in [0.3, 0.4) is 0 Å². The molecule has 72 valence electrons. The Kier molecular flexibility index (Phi) is 5.13. The van der Waals surface area contributed by atoms with Gasteiger partial charge in [0.1, 0.15) is 4.32 Å². The quantitative estimate of drug-likeness (QED) is 0.691. The fourth-order valence-corrected chi connectivity index (χ4v) is 1.77. The predicted molar refractivity (Wildman–Crippen MR) is 59.6 cm³/mol. The van der Waals surface area contributed by atoms with Crippen molar-refractivity contribution in [1.82, 2.24) is 5.32 Å². The summed E-state index contributed by atoms with van der Waals surface area (Å²) in [6, 6.07) is 0. The Bertz CT molecular complexity index is 157. The maximum Gasteiger partial charge on any atom is 0.133 e. The number of nitrogens with one attached hydrogen (secondary N) is 1. The van der Waals surface area contributed by atoms with Gasteiger partial charge >= 0.3 is 0 Å². The predicted octanol–water partition coefficient (Wildman–Crippen LogP) is 1.77. The van der Waals surface area contributed by atoms with Crippen molar-refractivity contribution in [3.05, 3.63) is 0 Å².